The first-order chi connectivity index (χ1) is 6.96. The molecule has 4 heteroatoms. The van der Waals surface area contributed by atoms with E-state index in [0.717, 1.165) is 0 Å². The molecule has 0 saturated heterocycles. The molecule has 2 N–H and O–H groups in total. The molecule has 4 nitrogen and oxygen atoms in total. The van der Waals surface area contributed by atoms with E-state index in [9.17, 15) is 4.79 Å². The Labute approximate surface area is 92.1 Å². The molecular weight excluding hydrogens is 194 g/mol. The molecule has 15 heavy (non-hydrogen) atoms. The predicted octanol–water partition coefficient (Wildman–Crippen LogP) is 1.33. The summed E-state index contributed by atoms with van der Waals surface area (Å²) in [6, 6.07) is 0. The maximum absolute atomic E-state index is 11.6. The van der Waals surface area contributed by atoms with Crippen LogP contribution in [0, 0.1) is 5.41 Å². The first-order valence-corrected chi connectivity index (χ1v) is 5.45. The number of hydrogen-bond acceptors (Lipinski definition) is 4. The van der Waals surface area contributed by atoms with Crippen LogP contribution < -0.4 is 5.73 Å². The van der Waals surface area contributed by atoms with Crippen molar-refractivity contribution in [3.63, 3.8) is 0 Å². The Balaban J connectivity index is 3.82. The smallest absolute Gasteiger partial charge is 0.313 e. The maximum atomic E-state index is 11.6. The first-order valence-electron chi connectivity index (χ1n) is 5.45. The summed E-state index contributed by atoms with van der Waals surface area (Å²) in [6.45, 7) is 8.68. The minimum atomic E-state index is -0.558. The van der Waals surface area contributed by atoms with Crippen LogP contribution in [0.3, 0.4) is 0 Å². The third-order valence-corrected chi connectivity index (χ3v) is 2.49. The van der Waals surface area contributed by atoms with Crippen molar-refractivity contribution in [3.8, 4) is 0 Å². The monoisotopic (exact) mass is 217 g/mol. The lowest BCUT2D eigenvalue weighted by Gasteiger charge is -2.23. The van der Waals surface area contributed by atoms with Gasteiger partial charge in [-0.25, -0.2) is 0 Å². The van der Waals surface area contributed by atoms with E-state index < -0.39 is 5.41 Å². The first kappa shape index (κ1) is 14.4. The molecule has 0 saturated carbocycles. The average molecular weight is 217 g/mol. The third-order valence-electron chi connectivity index (χ3n) is 2.49. The van der Waals surface area contributed by atoms with Crippen LogP contribution in [0.4, 0.5) is 0 Å². The normalized spacial score (nSPS) is 15.1. The van der Waals surface area contributed by atoms with E-state index >= 15 is 0 Å². The zero-order chi connectivity index (χ0) is 11.9. The number of esters is 1. The second-order valence-corrected chi connectivity index (χ2v) is 4.17. The lowest BCUT2D eigenvalue weighted by molar-refractivity contribution is -0.156. The summed E-state index contributed by atoms with van der Waals surface area (Å²) in [7, 11) is 0. The molecule has 1 atom stereocenters. The molecular formula is C11H23NO3. The Morgan fingerprint density at radius 1 is 1.40 bits per heavy atom. The van der Waals surface area contributed by atoms with Gasteiger partial charge >= 0.3 is 5.97 Å². The molecule has 0 bridgehead atoms. The number of rotatable bonds is 7. The average Bonchev–Trinajstić information content (AvgIpc) is 2.22. The van der Waals surface area contributed by atoms with Gasteiger partial charge in [-0.1, -0.05) is 6.92 Å². The van der Waals surface area contributed by atoms with E-state index in [2.05, 4.69) is 0 Å². The summed E-state index contributed by atoms with van der Waals surface area (Å²) in [5.41, 5.74) is 4.98. The van der Waals surface area contributed by atoms with Crippen LogP contribution in [0.25, 0.3) is 0 Å². The van der Waals surface area contributed by atoms with E-state index in [0.29, 0.717) is 26.2 Å². The highest BCUT2D eigenvalue weighted by molar-refractivity contribution is 5.76. The predicted molar refractivity (Wildman–Crippen MR) is 59.5 cm³/mol. The van der Waals surface area contributed by atoms with Crippen molar-refractivity contribution in [1.29, 1.82) is 0 Å². The van der Waals surface area contributed by atoms with Crippen LogP contribution in [0.2, 0.25) is 0 Å². The molecule has 0 aliphatic rings. The van der Waals surface area contributed by atoms with Crippen molar-refractivity contribution >= 4 is 5.97 Å². The van der Waals surface area contributed by atoms with Crippen molar-refractivity contribution < 1.29 is 14.3 Å². The lowest BCUT2D eigenvalue weighted by Crippen LogP contribution is -2.37. The van der Waals surface area contributed by atoms with Crippen molar-refractivity contribution in [3.05, 3.63) is 0 Å². The van der Waals surface area contributed by atoms with Gasteiger partial charge in [0, 0.05) is 6.54 Å². The molecule has 0 spiro atoms. The Kier molecular flexibility index (Phi) is 6.52. The molecule has 0 aromatic heterocycles. The van der Waals surface area contributed by atoms with Gasteiger partial charge in [-0.2, -0.15) is 0 Å². The van der Waals surface area contributed by atoms with E-state index in [1.54, 1.807) is 0 Å². The van der Waals surface area contributed by atoms with Gasteiger partial charge in [0.1, 0.15) is 6.61 Å². The molecule has 0 heterocycles. The SMILES string of the molecule is CCC(C)(CN)C(=O)OCCOC(C)C. The van der Waals surface area contributed by atoms with Gasteiger partial charge in [0.25, 0.3) is 0 Å². The Morgan fingerprint density at radius 3 is 2.40 bits per heavy atom. The van der Waals surface area contributed by atoms with Crippen LogP contribution in [0.15, 0.2) is 0 Å². The van der Waals surface area contributed by atoms with Gasteiger partial charge in [-0.3, -0.25) is 4.79 Å². The molecule has 0 rings (SSSR count). The van der Waals surface area contributed by atoms with Crippen molar-refractivity contribution in [2.45, 2.75) is 40.2 Å². The fraction of sp³-hybridized carbons (Fsp3) is 0.909. The zero-order valence-corrected chi connectivity index (χ0v) is 10.2. The largest absolute Gasteiger partial charge is 0.463 e. The van der Waals surface area contributed by atoms with Crippen molar-refractivity contribution in [2.24, 2.45) is 11.1 Å². The molecule has 0 radical (unpaired) electrons. The summed E-state index contributed by atoms with van der Waals surface area (Å²) in [6.07, 6.45) is 0.851. The minimum absolute atomic E-state index is 0.163. The topological polar surface area (TPSA) is 61.6 Å². The molecule has 0 aliphatic heterocycles. The van der Waals surface area contributed by atoms with Crippen LogP contribution in [-0.2, 0) is 14.3 Å². The van der Waals surface area contributed by atoms with Gasteiger partial charge < -0.3 is 15.2 Å². The Bertz CT molecular complexity index is 188. The number of hydrogen-bond donors (Lipinski definition) is 1. The molecule has 90 valence electrons. The number of ether oxygens (including phenoxy) is 2. The van der Waals surface area contributed by atoms with Crippen molar-refractivity contribution in [1.82, 2.24) is 0 Å². The van der Waals surface area contributed by atoms with Gasteiger partial charge in [0.2, 0.25) is 0 Å². The summed E-state index contributed by atoms with van der Waals surface area (Å²) >= 11 is 0. The van der Waals surface area contributed by atoms with E-state index in [1.807, 2.05) is 27.7 Å². The summed E-state index contributed by atoms with van der Waals surface area (Å²) in [5.74, 6) is -0.236. The highest BCUT2D eigenvalue weighted by Gasteiger charge is 2.31. The maximum Gasteiger partial charge on any atom is 0.313 e. The van der Waals surface area contributed by atoms with E-state index in [-0.39, 0.29) is 12.1 Å². The standard InChI is InChI=1S/C11H23NO3/c1-5-11(4,8-12)10(13)15-7-6-14-9(2)3/h9H,5-8,12H2,1-4H3. The second kappa shape index (κ2) is 6.80. The Hall–Kier alpha value is -0.610. The Morgan fingerprint density at radius 2 is 2.00 bits per heavy atom. The molecule has 0 amide bonds. The third kappa shape index (κ3) is 5.14. The van der Waals surface area contributed by atoms with E-state index in [4.69, 9.17) is 15.2 Å². The van der Waals surface area contributed by atoms with Crippen molar-refractivity contribution in [2.75, 3.05) is 19.8 Å². The van der Waals surface area contributed by atoms with Crippen LogP contribution >= 0.6 is 0 Å². The molecule has 0 aromatic carbocycles. The summed E-state index contributed by atoms with van der Waals surface area (Å²) < 4.78 is 10.4. The molecule has 0 fully saturated rings. The molecule has 1 unspecified atom stereocenters. The fourth-order valence-corrected chi connectivity index (χ4v) is 0.964. The second-order valence-electron chi connectivity index (χ2n) is 4.17. The quantitative estimate of drug-likeness (QED) is 0.516. The van der Waals surface area contributed by atoms with Crippen LogP contribution in [0.5, 0.6) is 0 Å². The highest BCUT2D eigenvalue weighted by Crippen LogP contribution is 2.20. The fourth-order valence-electron chi connectivity index (χ4n) is 0.964. The van der Waals surface area contributed by atoms with Gasteiger partial charge in [-0.15, -0.1) is 0 Å². The van der Waals surface area contributed by atoms with Gasteiger partial charge in [0.05, 0.1) is 18.1 Å². The highest BCUT2D eigenvalue weighted by atomic mass is 16.6. The lowest BCUT2D eigenvalue weighted by atomic mass is 9.88. The minimum Gasteiger partial charge on any atom is -0.463 e. The number of carbonyl (C=O) groups is 1. The van der Waals surface area contributed by atoms with E-state index in [1.165, 1.54) is 0 Å². The number of nitrogens with two attached hydrogens (primary N) is 1. The van der Waals surface area contributed by atoms with Gasteiger partial charge in [-0.05, 0) is 27.2 Å². The van der Waals surface area contributed by atoms with Gasteiger partial charge in [0.15, 0.2) is 0 Å². The summed E-state index contributed by atoms with van der Waals surface area (Å²) in [4.78, 5) is 11.6. The van der Waals surface area contributed by atoms with Crippen LogP contribution in [0.1, 0.15) is 34.1 Å². The molecule has 0 aromatic rings. The zero-order valence-electron chi connectivity index (χ0n) is 10.2. The number of carbonyl (C=O) groups excluding carboxylic acids is 1. The van der Waals surface area contributed by atoms with Crippen LogP contribution in [-0.4, -0.2) is 31.8 Å². The summed E-state index contributed by atoms with van der Waals surface area (Å²) in [5, 5.41) is 0. The molecule has 0 aliphatic carbocycles.